The molecule has 1 N–H and O–H groups in total. The van der Waals surface area contributed by atoms with Crippen LogP contribution in [-0.2, 0) is 13.0 Å². The highest BCUT2D eigenvalue weighted by molar-refractivity contribution is 7.17. The van der Waals surface area contributed by atoms with Crippen LogP contribution < -0.4 is 0 Å². The fraction of sp³-hybridized carbons (Fsp3) is 0.214. The molecule has 0 spiro atoms. The van der Waals surface area contributed by atoms with Gasteiger partial charge in [0.05, 0.1) is 18.5 Å². The number of aliphatic hydroxyl groups is 1. The molecule has 2 aromatic heterocycles. The number of imidazole rings is 1. The van der Waals surface area contributed by atoms with Crippen LogP contribution in [0.2, 0.25) is 5.02 Å². The molecule has 2 heterocycles. The Kier molecular flexibility index (Phi) is 3.31. The Morgan fingerprint density at radius 2 is 2.26 bits per heavy atom. The second-order valence-corrected chi connectivity index (χ2v) is 6.02. The zero-order chi connectivity index (χ0) is 13.4. The fourth-order valence-corrected chi connectivity index (χ4v) is 3.23. The van der Waals surface area contributed by atoms with Crippen molar-refractivity contribution in [2.24, 2.45) is 0 Å². The summed E-state index contributed by atoms with van der Waals surface area (Å²) in [4.78, 5) is 6.40. The van der Waals surface area contributed by atoms with Crippen LogP contribution in [0.3, 0.4) is 0 Å². The van der Waals surface area contributed by atoms with Gasteiger partial charge in [0.15, 0.2) is 4.96 Å². The Morgan fingerprint density at radius 3 is 3.00 bits per heavy atom. The van der Waals surface area contributed by atoms with Crippen molar-refractivity contribution in [1.82, 2.24) is 9.38 Å². The number of aromatic nitrogens is 2. The van der Waals surface area contributed by atoms with E-state index in [4.69, 9.17) is 11.6 Å². The van der Waals surface area contributed by atoms with Crippen LogP contribution in [-0.4, -0.2) is 14.5 Å². The number of fused-ring (bicyclic) bond motifs is 1. The van der Waals surface area contributed by atoms with E-state index in [9.17, 15) is 5.11 Å². The van der Waals surface area contributed by atoms with Gasteiger partial charge in [0.1, 0.15) is 0 Å². The minimum atomic E-state index is 0.00764. The molecule has 19 heavy (non-hydrogen) atoms. The molecule has 98 valence electrons. The molecule has 3 aromatic rings. The number of halogens is 1. The normalized spacial score (nSPS) is 11.3. The standard InChI is InChI=1S/C14H13ClN2OS/c1-9-2-3-10(5-13(9)15)4-12-7-17-11(8-18)6-16-14(17)19-12/h2-3,5-7,18H,4,8H2,1H3. The summed E-state index contributed by atoms with van der Waals surface area (Å²) in [5.74, 6) is 0. The molecule has 5 heteroatoms. The lowest BCUT2D eigenvalue weighted by Crippen LogP contribution is -1.89. The number of hydrogen-bond acceptors (Lipinski definition) is 3. The molecule has 3 nitrogen and oxygen atoms in total. The third-order valence-corrected chi connectivity index (χ3v) is 4.52. The van der Waals surface area contributed by atoms with Gasteiger partial charge in [-0.25, -0.2) is 4.98 Å². The Morgan fingerprint density at radius 1 is 1.42 bits per heavy atom. The highest BCUT2D eigenvalue weighted by Crippen LogP contribution is 2.24. The molecule has 0 fully saturated rings. The van der Waals surface area contributed by atoms with Gasteiger partial charge in [-0.2, -0.15) is 0 Å². The number of aryl methyl sites for hydroxylation is 1. The van der Waals surface area contributed by atoms with E-state index in [-0.39, 0.29) is 6.61 Å². The number of aliphatic hydroxyl groups excluding tert-OH is 1. The van der Waals surface area contributed by atoms with E-state index in [0.29, 0.717) is 0 Å². The zero-order valence-electron chi connectivity index (χ0n) is 10.4. The third kappa shape index (κ3) is 2.39. The molecule has 0 radical (unpaired) electrons. The smallest absolute Gasteiger partial charge is 0.194 e. The zero-order valence-corrected chi connectivity index (χ0v) is 12.0. The summed E-state index contributed by atoms with van der Waals surface area (Å²) in [5, 5.41) is 10.0. The van der Waals surface area contributed by atoms with Crippen molar-refractivity contribution in [3.63, 3.8) is 0 Å². The predicted molar refractivity (Wildman–Crippen MR) is 78.0 cm³/mol. The van der Waals surface area contributed by atoms with E-state index >= 15 is 0 Å². The van der Waals surface area contributed by atoms with Crippen LogP contribution in [0.4, 0.5) is 0 Å². The topological polar surface area (TPSA) is 37.5 Å². The van der Waals surface area contributed by atoms with Crippen LogP contribution in [0.15, 0.2) is 30.6 Å². The molecular formula is C14H13ClN2OS. The molecule has 0 aliphatic carbocycles. The van der Waals surface area contributed by atoms with E-state index in [2.05, 4.69) is 11.1 Å². The molecule has 1 aromatic carbocycles. The largest absolute Gasteiger partial charge is 0.390 e. The highest BCUT2D eigenvalue weighted by Gasteiger charge is 2.08. The molecule has 0 bridgehead atoms. The average molecular weight is 293 g/mol. The second-order valence-electron chi connectivity index (χ2n) is 4.52. The van der Waals surface area contributed by atoms with E-state index < -0.39 is 0 Å². The maximum atomic E-state index is 9.22. The average Bonchev–Trinajstić information content (AvgIpc) is 2.93. The van der Waals surface area contributed by atoms with Gasteiger partial charge in [-0.3, -0.25) is 4.40 Å². The molecule has 0 aliphatic rings. The maximum absolute atomic E-state index is 9.22. The van der Waals surface area contributed by atoms with E-state index in [1.165, 1.54) is 10.4 Å². The maximum Gasteiger partial charge on any atom is 0.194 e. The molecular weight excluding hydrogens is 280 g/mol. The highest BCUT2D eigenvalue weighted by atomic mass is 35.5. The molecule has 0 unspecified atom stereocenters. The van der Waals surface area contributed by atoms with Gasteiger partial charge >= 0.3 is 0 Å². The minimum Gasteiger partial charge on any atom is -0.390 e. The minimum absolute atomic E-state index is 0.00764. The summed E-state index contributed by atoms with van der Waals surface area (Å²) in [5.41, 5.74) is 3.10. The van der Waals surface area contributed by atoms with E-state index in [1.54, 1.807) is 17.5 Å². The van der Waals surface area contributed by atoms with Gasteiger partial charge in [0, 0.05) is 22.5 Å². The Bertz CT molecular complexity index is 732. The van der Waals surface area contributed by atoms with Crippen LogP contribution >= 0.6 is 22.9 Å². The van der Waals surface area contributed by atoms with Gasteiger partial charge in [-0.05, 0) is 24.1 Å². The van der Waals surface area contributed by atoms with Gasteiger partial charge in [-0.15, -0.1) is 11.3 Å². The SMILES string of the molecule is Cc1ccc(Cc2cn3c(CO)cnc3s2)cc1Cl. The first-order chi connectivity index (χ1) is 9.17. The quantitative estimate of drug-likeness (QED) is 0.803. The monoisotopic (exact) mass is 292 g/mol. The first-order valence-corrected chi connectivity index (χ1v) is 7.17. The summed E-state index contributed by atoms with van der Waals surface area (Å²) in [6.07, 6.45) is 4.57. The van der Waals surface area contributed by atoms with Gasteiger partial charge in [0.2, 0.25) is 0 Å². The first kappa shape index (κ1) is 12.7. The summed E-state index contributed by atoms with van der Waals surface area (Å²) in [7, 11) is 0. The molecule has 0 aliphatic heterocycles. The van der Waals surface area contributed by atoms with Crippen molar-refractivity contribution >= 4 is 27.9 Å². The van der Waals surface area contributed by atoms with Gasteiger partial charge in [-0.1, -0.05) is 23.7 Å². The number of rotatable bonds is 3. The predicted octanol–water partition coefficient (Wildman–Crippen LogP) is 3.44. The molecule has 0 atom stereocenters. The Hall–Kier alpha value is -1.36. The first-order valence-electron chi connectivity index (χ1n) is 5.98. The van der Waals surface area contributed by atoms with Crippen LogP contribution in [0, 0.1) is 6.92 Å². The molecule has 0 amide bonds. The van der Waals surface area contributed by atoms with E-state index in [0.717, 1.165) is 27.7 Å². The molecule has 3 rings (SSSR count). The van der Waals surface area contributed by atoms with E-state index in [1.807, 2.05) is 29.7 Å². The van der Waals surface area contributed by atoms with Crippen molar-refractivity contribution in [2.45, 2.75) is 20.0 Å². The molecule has 0 saturated heterocycles. The van der Waals surface area contributed by atoms with Gasteiger partial charge in [0.25, 0.3) is 0 Å². The van der Waals surface area contributed by atoms with Crippen LogP contribution in [0.1, 0.15) is 21.7 Å². The Labute approximate surface area is 120 Å². The summed E-state index contributed by atoms with van der Waals surface area (Å²) in [6.45, 7) is 2.01. The fourth-order valence-electron chi connectivity index (χ4n) is 2.02. The van der Waals surface area contributed by atoms with Crippen molar-refractivity contribution < 1.29 is 5.11 Å². The number of hydrogen-bond donors (Lipinski definition) is 1. The number of nitrogens with zero attached hydrogens (tertiary/aromatic N) is 2. The number of thiazole rings is 1. The van der Waals surface area contributed by atoms with Crippen LogP contribution in [0.5, 0.6) is 0 Å². The Balaban J connectivity index is 1.92. The number of benzene rings is 1. The van der Waals surface area contributed by atoms with Crippen molar-refractivity contribution in [2.75, 3.05) is 0 Å². The van der Waals surface area contributed by atoms with Gasteiger partial charge < -0.3 is 5.11 Å². The van der Waals surface area contributed by atoms with Crippen molar-refractivity contribution in [3.8, 4) is 0 Å². The lowest BCUT2D eigenvalue weighted by Gasteiger charge is -2.02. The molecule has 0 saturated carbocycles. The van der Waals surface area contributed by atoms with Crippen LogP contribution in [0.25, 0.3) is 4.96 Å². The van der Waals surface area contributed by atoms with Crippen molar-refractivity contribution in [1.29, 1.82) is 0 Å². The third-order valence-electron chi connectivity index (χ3n) is 3.11. The summed E-state index contributed by atoms with van der Waals surface area (Å²) < 4.78 is 1.94. The van der Waals surface area contributed by atoms with Crippen molar-refractivity contribution in [3.05, 3.63) is 57.3 Å². The second kappa shape index (κ2) is 4.96. The lowest BCUT2D eigenvalue weighted by molar-refractivity contribution is 0.276. The summed E-state index contributed by atoms with van der Waals surface area (Å²) >= 11 is 7.77. The summed E-state index contributed by atoms with van der Waals surface area (Å²) in [6, 6.07) is 6.14. The lowest BCUT2D eigenvalue weighted by atomic mass is 10.1.